The molecule has 1 fully saturated rings. The molecule has 0 spiro atoms. The van der Waals surface area contributed by atoms with Crippen LogP contribution in [0.15, 0.2) is 78.9 Å². The van der Waals surface area contributed by atoms with Gasteiger partial charge in [-0.3, -0.25) is 10.1 Å². The first-order valence-electron chi connectivity index (χ1n) is 16.3. The van der Waals surface area contributed by atoms with Gasteiger partial charge in [-0.05, 0) is 92.3 Å². The molecule has 2 heterocycles. The molecule has 0 saturated carbocycles. The highest BCUT2D eigenvalue weighted by atomic mass is 16.2. The predicted octanol–water partition coefficient (Wildman–Crippen LogP) is 7.71. The first kappa shape index (κ1) is 30.6. The van der Waals surface area contributed by atoms with E-state index in [1.165, 1.54) is 22.3 Å². The Morgan fingerprint density at radius 2 is 1.56 bits per heavy atom. The minimum absolute atomic E-state index is 0.123. The molecule has 3 amide bonds. The van der Waals surface area contributed by atoms with E-state index in [9.17, 15) is 9.59 Å². The van der Waals surface area contributed by atoms with Gasteiger partial charge in [0.15, 0.2) is 0 Å². The zero-order valence-corrected chi connectivity index (χ0v) is 27.0. The molecule has 2 N–H and O–H groups in total. The van der Waals surface area contributed by atoms with E-state index >= 15 is 0 Å². The number of likely N-dealkylation sites (tertiary alicyclic amines) is 1. The van der Waals surface area contributed by atoms with Crippen molar-refractivity contribution in [3.63, 3.8) is 0 Å². The summed E-state index contributed by atoms with van der Waals surface area (Å²) in [7, 11) is 0. The van der Waals surface area contributed by atoms with Gasteiger partial charge >= 0.3 is 6.03 Å². The number of amides is 3. The Morgan fingerprint density at radius 3 is 2.24 bits per heavy atom. The summed E-state index contributed by atoms with van der Waals surface area (Å²) in [5.41, 5.74) is 7.54. The monoisotopic (exact) mass is 603 g/mol. The summed E-state index contributed by atoms with van der Waals surface area (Å²) in [5, 5.41) is 10.8. The fraction of sp³-hybridized carbons (Fsp3) is 0.395. The minimum Gasteiger partial charge on any atom is -0.342 e. The van der Waals surface area contributed by atoms with E-state index in [4.69, 9.17) is 5.10 Å². The Hall–Kier alpha value is -4.39. The predicted molar refractivity (Wildman–Crippen MR) is 181 cm³/mol. The average molecular weight is 604 g/mol. The molecule has 6 rings (SSSR count). The Bertz CT molecular complexity index is 1640. The Balaban J connectivity index is 1.01. The summed E-state index contributed by atoms with van der Waals surface area (Å²) in [4.78, 5) is 28.5. The van der Waals surface area contributed by atoms with Gasteiger partial charge in [0.2, 0.25) is 5.91 Å². The summed E-state index contributed by atoms with van der Waals surface area (Å²) in [6.07, 6.45) is 5.89. The lowest BCUT2D eigenvalue weighted by Gasteiger charge is -2.35. The third-order valence-corrected chi connectivity index (χ3v) is 9.36. The summed E-state index contributed by atoms with van der Waals surface area (Å²) in [5.74, 6) is 1.64. The standard InChI is InChI=1S/C38H45N5O2/c1-26-9-17-33(18-10-26)43-35(25-34(41-43)38(2,3)4)40-37(45)39-32-15-11-27(12-16-32)23-28-19-21-42(22-20-28)36(44)31-14-13-29-7-5-6-8-30(29)24-31/h5-12,15-18,25,28,31H,13-14,19-24H2,1-4H3,(H2,39,40,45)/t31-/m0/s1. The van der Waals surface area contributed by atoms with E-state index in [1.54, 1.807) is 4.68 Å². The van der Waals surface area contributed by atoms with Crippen LogP contribution in [0.4, 0.5) is 16.3 Å². The summed E-state index contributed by atoms with van der Waals surface area (Å²) >= 11 is 0. The topological polar surface area (TPSA) is 79.3 Å². The van der Waals surface area contributed by atoms with Crippen LogP contribution in [0.25, 0.3) is 5.69 Å². The van der Waals surface area contributed by atoms with Crippen LogP contribution in [0.5, 0.6) is 0 Å². The lowest BCUT2D eigenvalue weighted by molar-refractivity contribution is -0.137. The second-order valence-electron chi connectivity index (χ2n) is 13.9. The van der Waals surface area contributed by atoms with E-state index < -0.39 is 0 Å². The number of piperidine rings is 1. The number of rotatable bonds is 6. The first-order chi connectivity index (χ1) is 21.6. The number of fused-ring (bicyclic) bond motifs is 1. The number of aromatic nitrogens is 2. The van der Waals surface area contributed by atoms with Crippen LogP contribution in [0.1, 0.15) is 68.0 Å². The molecule has 2 aliphatic rings. The smallest absolute Gasteiger partial charge is 0.324 e. The highest BCUT2D eigenvalue weighted by molar-refractivity contribution is 5.99. The number of hydrogen-bond donors (Lipinski definition) is 2. The van der Waals surface area contributed by atoms with E-state index in [0.717, 1.165) is 68.7 Å². The van der Waals surface area contributed by atoms with Crippen LogP contribution in [0.3, 0.4) is 0 Å². The maximum absolute atomic E-state index is 13.3. The van der Waals surface area contributed by atoms with Crippen molar-refractivity contribution < 1.29 is 9.59 Å². The number of benzene rings is 3. The molecule has 3 aromatic carbocycles. The maximum atomic E-state index is 13.3. The molecule has 45 heavy (non-hydrogen) atoms. The van der Waals surface area contributed by atoms with Gasteiger partial charge in [0.1, 0.15) is 5.82 Å². The molecule has 1 saturated heterocycles. The Kier molecular flexibility index (Phi) is 8.79. The van der Waals surface area contributed by atoms with Crippen LogP contribution in [-0.2, 0) is 29.5 Å². The molecule has 1 atom stereocenters. The number of carbonyl (C=O) groups excluding carboxylic acids is 2. The summed E-state index contributed by atoms with van der Waals surface area (Å²) in [6, 6.07) is 26.4. The van der Waals surface area contributed by atoms with Gasteiger partial charge in [-0.2, -0.15) is 5.10 Å². The van der Waals surface area contributed by atoms with Crippen LogP contribution in [-0.4, -0.2) is 39.7 Å². The second kappa shape index (κ2) is 12.9. The normalized spacial score (nSPS) is 17.1. The van der Waals surface area contributed by atoms with Crippen molar-refractivity contribution in [2.75, 3.05) is 23.7 Å². The highest BCUT2D eigenvalue weighted by Crippen LogP contribution is 2.30. The Labute approximate surface area is 267 Å². The molecule has 7 nitrogen and oxygen atoms in total. The number of anilines is 2. The summed E-state index contributed by atoms with van der Waals surface area (Å²) in [6.45, 7) is 10.1. The lowest BCUT2D eigenvalue weighted by atomic mass is 9.82. The minimum atomic E-state index is -0.310. The van der Waals surface area contributed by atoms with Crippen molar-refractivity contribution >= 4 is 23.4 Å². The molecular formula is C38H45N5O2. The third kappa shape index (κ3) is 7.30. The molecule has 0 bridgehead atoms. The van der Waals surface area contributed by atoms with Crippen LogP contribution >= 0.6 is 0 Å². The number of nitrogens with zero attached hydrogens (tertiary/aromatic N) is 3. The highest BCUT2D eigenvalue weighted by Gasteiger charge is 2.31. The third-order valence-electron chi connectivity index (χ3n) is 9.36. The molecule has 0 radical (unpaired) electrons. The quantitative estimate of drug-likeness (QED) is 0.237. The van der Waals surface area contributed by atoms with Gasteiger partial charge in [-0.15, -0.1) is 0 Å². The lowest BCUT2D eigenvalue weighted by Crippen LogP contribution is -2.43. The molecule has 0 unspecified atom stereocenters. The molecule has 1 aliphatic carbocycles. The van der Waals surface area contributed by atoms with Gasteiger partial charge < -0.3 is 10.2 Å². The van der Waals surface area contributed by atoms with Gasteiger partial charge in [0.25, 0.3) is 0 Å². The van der Waals surface area contributed by atoms with Gasteiger partial charge in [0.05, 0.1) is 11.4 Å². The SMILES string of the molecule is Cc1ccc(-n2nc(C(C)(C)C)cc2NC(=O)Nc2ccc(CC3CCN(C(=O)[C@H]4CCc5ccccc5C4)CC3)cc2)cc1. The Morgan fingerprint density at radius 1 is 0.867 bits per heavy atom. The molecule has 7 heteroatoms. The van der Waals surface area contributed by atoms with E-state index in [-0.39, 0.29) is 17.4 Å². The fourth-order valence-corrected chi connectivity index (χ4v) is 6.58. The number of aryl methyl sites for hydroxylation is 2. The molecule has 4 aromatic rings. The van der Waals surface area contributed by atoms with E-state index in [2.05, 4.69) is 72.7 Å². The van der Waals surface area contributed by atoms with Crippen LogP contribution in [0.2, 0.25) is 0 Å². The molecular weight excluding hydrogens is 558 g/mol. The largest absolute Gasteiger partial charge is 0.342 e. The van der Waals surface area contributed by atoms with Crippen molar-refractivity contribution in [2.24, 2.45) is 11.8 Å². The van der Waals surface area contributed by atoms with Crippen LogP contribution in [0, 0.1) is 18.8 Å². The zero-order chi connectivity index (χ0) is 31.6. The second-order valence-corrected chi connectivity index (χ2v) is 13.9. The number of urea groups is 1. The van der Waals surface area contributed by atoms with Gasteiger partial charge in [0, 0.05) is 36.2 Å². The molecule has 1 aliphatic heterocycles. The maximum Gasteiger partial charge on any atom is 0.324 e. The van der Waals surface area contributed by atoms with Crippen molar-refractivity contribution in [2.45, 2.75) is 71.6 Å². The number of nitrogens with one attached hydrogen (secondary N) is 2. The fourth-order valence-electron chi connectivity index (χ4n) is 6.58. The average Bonchev–Trinajstić information content (AvgIpc) is 3.46. The number of hydrogen-bond acceptors (Lipinski definition) is 3. The van der Waals surface area contributed by atoms with Crippen molar-refractivity contribution in [1.29, 1.82) is 0 Å². The first-order valence-corrected chi connectivity index (χ1v) is 16.3. The van der Waals surface area contributed by atoms with E-state index in [1.807, 2.05) is 49.4 Å². The van der Waals surface area contributed by atoms with Crippen molar-refractivity contribution in [1.82, 2.24) is 14.7 Å². The van der Waals surface area contributed by atoms with Crippen LogP contribution < -0.4 is 10.6 Å². The summed E-state index contributed by atoms with van der Waals surface area (Å²) < 4.78 is 1.79. The van der Waals surface area contributed by atoms with Crippen molar-refractivity contribution in [3.05, 3.63) is 107 Å². The van der Waals surface area contributed by atoms with Gasteiger partial charge in [-0.25, -0.2) is 9.48 Å². The molecule has 234 valence electrons. The number of carbonyl (C=O) groups is 2. The van der Waals surface area contributed by atoms with Crippen molar-refractivity contribution in [3.8, 4) is 5.69 Å². The van der Waals surface area contributed by atoms with E-state index in [0.29, 0.717) is 17.6 Å². The zero-order valence-electron chi connectivity index (χ0n) is 27.0. The van der Waals surface area contributed by atoms with Gasteiger partial charge in [-0.1, -0.05) is 74.9 Å². The molecule has 1 aromatic heterocycles.